The molecule has 14 nitrogen and oxygen atoms in total. The van der Waals surface area contributed by atoms with Crippen molar-refractivity contribution in [2.75, 3.05) is 20.2 Å². The summed E-state index contributed by atoms with van der Waals surface area (Å²) in [6.45, 7) is 12.6. The van der Waals surface area contributed by atoms with Gasteiger partial charge in [0.25, 0.3) is 0 Å². The second kappa shape index (κ2) is 17.6. The number of alkyl carbamates (subject to hydrolysis) is 1. The van der Waals surface area contributed by atoms with Crippen molar-refractivity contribution >= 4 is 34.7 Å². The first-order valence-electron chi connectivity index (χ1n) is 21.0. The molecule has 2 aliphatic heterocycles. The number of methoxy groups -OCH3 is 1. The molecule has 0 radical (unpaired) electrons. The molecule has 7 rings (SSSR count). The minimum atomic E-state index is -0.687. The molecular formula is C46H57N9O5. The predicted octanol–water partition coefficient (Wildman–Crippen LogP) is 7.87. The minimum absolute atomic E-state index is 0.0951. The fraction of sp³-hybridized carbons (Fsp3) is 0.435. The fourth-order valence-corrected chi connectivity index (χ4v) is 8.32. The SMILES string of the molecule is CC[C@@H](NC(=O)NC(C)(C)C)C(=O)N1CCC[C@H]1c1ncc(-c2ccc(-c3ccc4cc(-c5cnc([C@@H]6CCCN6C(=O)[C@@H](NC(=O)OC)C(C)C)[nH]5)ccc4c3)cc2)[nH]1. The number of H-pyrrole nitrogens is 2. The third-order valence-corrected chi connectivity index (χ3v) is 11.5. The predicted molar refractivity (Wildman–Crippen MR) is 232 cm³/mol. The third kappa shape index (κ3) is 9.17. The summed E-state index contributed by atoms with van der Waals surface area (Å²) in [7, 11) is 1.29. The van der Waals surface area contributed by atoms with Gasteiger partial charge in [0.2, 0.25) is 11.8 Å². The van der Waals surface area contributed by atoms with Gasteiger partial charge in [-0.15, -0.1) is 0 Å². The molecule has 5 amide bonds. The maximum absolute atomic E-state index is 13.6. The van der Waals surface area contributed by atoms with Gasteiger partial charge in [0, 0.05) is 24.2 Å². The number of aromatic nitrogens is 4. The highest BCUT2D eigenvalue weighted by molar-refractivity contribution is 5.91. The van der Waals surface area contributed by atoms with Gasteiger partial charge in [-0.1, -0.05) is 69.3 Å². The maximum Gasteiger partial charge on any atom is 0.407 e. The summed E-state index contributed by atoms with van der Waals surface area (Å²) in [4.78, 5) is 71.8. The van der Waals surface area contributed by atoms with Gasteiger partial charge in [-0.05, 0) is 98.4 Å². The number of aromatic amines is 2. The number of likely N-dealkylation sites (tertiary alicyclic amines) is 2. The number of carbonyl (C=O) groups is 4. The number of hydrogen-bond donors (Lipinski definition) is 5. The average Bonchev–Trinajstić information content (AvgIpc) is 4.07. The van der Waals surface area contributed by atoms with Gasteiger partial charge in [-0.2, -0.15) is 0 Å². The van der Waals surface area contributed by atoms with E-state index in [0.717, 1.165) is 81.7 Å². The molecule has 2 aromatic heterocycles. The Hall–Kier alpha value is -6.18. The number of urea groups is 1. The van der Waals surface area contributed by atoms with E-state index in [4.69, 9.17) is 14.7 Å². The van der Waals surface area contributed by atoms with E-state index in [-0.39, 0.29) is 35.8 Å². The lowest BCUT2D eigenvalue weighted by Gasteiger charge is -2.30. The number of ether oxygens (including phenoxy) is 1. The van der Waals surface area contributed by atoms with Crippen LogP contribution in [0.1, 0.15) is 97.4 Å². The molecule has 2 aliphatic rings. The van der Waals surface area contributed by atoms with Crippen LogP contribution in [0.15, 0.2) is 73.1 Å². The van der Waals surface area contributed by atoms with Gasteiger partial charge in [-0.25, -0.2) is 19.6 Å². The Morgan fingerprint density at radius 2 is 1.27 bits per heavy atom. The van der Waals surface area contributed by atoms with Crippen LogP contribution in [-0.2, 0) is 14.3 Å². The molecule has 2 fully saturated rings. The molecule has 14 heteroatoms. The second-order valence-electron chi connectivity index (χ2n) is 17.3. The van der Waals surface area contributed by atoms with Crippen molar-refractivity contribution < 1.29 is 23.9 Å². The molecule has 0 saturated carbocycles. The standard InChI is InChI=1S/C46H57N9O5/c1-8-34(51-44(58)53-46(4,5)6)42(56)54-21-9-11-37(54)40-47-25-35(49-40)29-15-13-28(14-16-29)30-17-18-32-24-33(20-19-31(32)23-30)36-26-48-41(50-36)38-12-10-22-55(38)43(57)39(27(2)3)52-45(59)60-7/h13-20,23-27,34,37-39H,8-12,21-22H2,1-7H3,(H,47,49)(H,48,50)(H,52,59)(H2,51,53,58)/t34-,37+,38+,39+/m1/s1. The smallest absolute Gasteiger partial charge is 0.407 e. The summed E-state index contributed by atoms with van der Waals surface area (Å²) < 4.78 is 4.77. The van der Waals surface area contributed by atoms with Crippen molar-refractivity contribution in [2.24, 2.45) is 5.92 Å². The number of carbonyl (C=O) groups excluding carboxylic acids is 4. The van der Waals surface area contributed by atoms with Crippen LogP contribution in [-0.4, -0.2) is 91.5 Å². The van der Waals surface area contributed by atoms with E-state index in [1.54, 1.807) is 0 Å². The Kier molecular flexibility index (Phi) is 12.3. The van der Waals surface area contributed by atoms with Gasteiger partial charge in [0.1, 0.15) is 23.7 Å². The van der Waals surface area contributed by atoms with Gasteiger partial charge >= 0.3 is 12.1 Å². The fourth-order valence-electron chi connectivity index (χ4n) is 8.32. The van der Waals surface area contributed by atoms with Crippen molar-refractivity contribution in [3.63, 3.8) is 0 Å². The van der Waals surface area contributed by atoms with Crippen LogP contribution in [0.5, 0.6) is 0 Å². The number of fused-ring (bicyclic) bond motifs is 1. The van der Waals surface area contributed by atoms with E-state index in [9.17, 15) is 19.2 Å². The molecule has 2 saturated heterocycles. The Labute approximate surface area is 351 Å². The monoisotopic (exact) mass is 815 g/mol. The summed E-state index contributed by atoms with van der Waals surface area (Å²) in [5.74, 6) is 1.14. The van der Waals surface area contributed by atoms with Crippen LogP contribution in [0.4, 0.5) is 9.59 Å². The largest absolute Gasteiger partial charge is 0.453 e. The molecule has 5 aromatic rings. The lowest BCUT2D eigenvalue weighted by Crippen LogP contribution is -2.54. The highest BCUT2D eigenvalue weighted by Crippen LogP contribution is 2.35. The summed E-state index contributed by atoms with van der Waals surface area (Å²) in [5, 5.41) is 10.7. The number of amides is 5. The number of imidazole rings is 2. The minimum Gasteiger partial charge on any atom is -0.453 e. The molecule has 60 heavy (non-hydrogen) atoms. The van der Waals surface area contributed by atoms with E-state index in [2.05, 4.69) is 86.6 Å². The van der Waals surface area contributed by atoms with Crippen molar-refractivity contribution in [3.05, 3.63) is 84.7 Å². The van der Waals surface area contributed by atoms with Crippen LogP contribution in [0.2, 0.25) is 0 Å². The summed E-state index contributed by atoms with van der Waals surface area (Å²) >= 11 is 0. The van der Waals surface area contributed by atoms with E-state index in [0.29, 0.717) is 19.5 Å². The number of benzene rings is 3. The highest BCUT2D eigenvalue weighted by atomic mass is 16.5. The van der Waals surface area contributed by atoms with Gasteiger partial charge in [-0.3, -0.25) is 9.59 Å². The first-order chi connectivity index (χ1) is 28.7. The molecule has 4 atom stereocenters. The Bertz CT molecular complexity index is 2340. The first kappa shape index (κ1) is 42.0. The molecule has 0 aliphatic carbocycles. The number of nitrogens with one attached hydrogen (secondary N) is 5. The van der Waals surface area contributed by atoms with E-state index >= 15 is 0 Å². The lowest BCUT2D eigenvalue weighted by molar-refractivity contribution is -0.135. The topological polar surface area (TPSA) is 177 Å². The number of nitrogens with zero attached hydrogens (tertiary/aromatic N) is 4. The molecule has 5 N–H and O–H groups in total. The maximum atomic E-state index is 13.6. The van der Waals surface area contributed by atoms with Gasteiger partial charge in [0.05, 0.1) is 43.0 Å². The van der Waals surface area contributed by atoms with Crippen LogP contribution in [0, 0.1) is 5.92 Å². The molecule has 0 spiro atoms. The molecule has 4 heterocycles. The first-order valence-corrected chi connectivity index (χ1v) is 21.0. The van der Waals surface area contributed by atoms with Gasteiger partial charge < -0.3 is 40.5 Å². The Balaban J connectivity index is 1.01. The number of hydrogen-bond acceptors (Lipinski definition) is 7. The average molecular weight is 816 g/mol. The summed E-state index contributed by atoms with van der Waals surface area (Å²) in [6.07, 6.45) is 6.81. The number of rotatable bonds is 11. The molecule has 0 bridgehead atoms. The van der Waals surface area contributed by atoms with Crippen molar-refractivity contribution in [2.45, 2.75) is 103 Å². The van der Waals surface area contributed by atoms with Crippen molar-refractivity contribution in [3.8, 4) is 33.6 Å². The third-order valence-electron chi connectivity index (χ3n) is 11.5. The van der Waals surface area contributed by atoms with Crippen LogP contribution in [0.3, 0.4) is 0 Å². The zero-order chi connectivity index (χ0) is 42.7. The van der Waals surface area contributed by atoms with Gasteiger partial charge in [0.15, 0.2) is 0 Å². The molecule has 3 aromatic carbocycles. The van der Waals surface area contributed by atoms with Crippen LogP contribution >= 0.6 is 0 Å². The van der Waals surface area contributed by atoms with Crippen LogP contribution in [0.25, 0.3) is 44.4 Å². The van der Waals surface area contributed by atoms with Crippen molar-refractivity contribution in [1.82, 2.24) is 45.7 Å². The molecular weight excluding hydrogens is 759 g/mol. The van der Waals surface area contributed by atoms with E-state index in [1.807, 2.05) is 63.7 Å². The normalized spacial score (nSPS) is 17.8. The second-order valence-corrected chi connectivity index (χ2v) is 17.3. The molecule has 316 valence electrons. The zero-order valence-electron chi connectivity index (χ0n) is 35.6. The van der Waals surface area contributed by atoms with Crippen molar-refractivity contribution in [1.29, 1.82) is 0 Å². The molecule has 0 unspecified atom stereocenters. The lowest BCUT2D eigenvalue weighted by atomic mass is 9.98. The van der Waals surface area contributed by atoms with E-state index in [1.165, 1.54) is 7.11 Å². The highest BCUT2D eigenvalue weighted by Gasteiger charge is 2.38. The van der Waals surface area contributed by atoms with Crippen LogP contribution < -0.4 is 16.0 Å². The quantitative estimate of drug-likeness (QED) is 0.0901. The summed E-state index contributed by atoms with van der Waals surface area (Å²) in [6, 6.07) is 19.1. The Morgan fingerprint density at radius 3 is 1.82 bits per heavy atom. The summed E-state index contributed by atoms with van der Waals surface area (Å²) in [5.41, 5.74) is 5.51. The zero-order valence-corrected chi connectivity index (χ0v) is 35.6. The van der Waals surface area contributed by atoms with E-state index < -0.39 is 23.7 Å². The Morgan fingerprint density at radius 1 is 0.750 bits per heavy atom.